The SMILES string of the molecule is COCCOCCNC1CCC(C)C(C)C1. The number of hydrogen-bond acceptors (Lipinski definition) is 3. The van der Waals surface area contributed by atoms with Crippen LogP contribution in [-0.2, 0) is 9.47 Å². The first-order valence-electron chi connectivity index (χ1n) is 6.54. The molecule has 3 unspecified atom stereocenters. The lowest BCUT2D eigenvalue weighted by atomic mass is 9.79. The second-order valence-corrected chi connectivity index (χ2v) is 5.02. The molecular formula is C13H27NO2. The van der Waals surface area contributed by atoms with Gasteiger partial charge >= 0.3 is 0 Å². The highest BCUT2D eigenvalue weighted by Gasteiger charge is 2.23. The van der Waals surface area contributed by atoms with Crippen LogP contribution in [0.1, 0.15) is 33.1 Å². The first-order chi connectivity index (χ1) is 7.74. The Morgan fingerprint density at radius 3 is 2.56 bits per heavy atom. The highest BCUT2D eigenvalue weighted by Crippen LogP contribution is 2.29. The average molecular weight is 229 g/mol. The van der Waals surface area contributed by atoms with E-state index >= 15 is 0 Å². The van der Waals surface area contributed by atoms with Crippen molar-refractivity contribution in [2.24, 2.45) is 11.8 Å². The van der Waals surface area contributed by atoms with Gasteiger partial charge in [-0.15, -0.1) is 0 Å². The van der Waals surface area contributed by atoms with E-state index in [0.29, 0.717) is 19.3 Å². The summed E-state index contributed by atoms with van der Waals surface area (Å²) in [4.78, 5) is 0. The minimum atomic E-state index is 0.692. The van der Waals surface area contributed by atoms with Crippen molar-refractivity contribution in [1.29, 1.82) is 0 Å². The maximum Gasteiger partial charge on any atom is 0.0700 e. The molecule has 3 atom stereocenters. The summed E-state index contributed by atoms with van der Waals surface area (Å²) >= 11 is 0. The Balaban J connectivity index is 1.97. The summed E-state index contributed by atoms with van der Waals surface area (Å²) in [5.74, 6) is 1.76. The molecule has 1 aliphatic rings. The molecule has 1 rings (SSSR count). The monoisotopic (exact) mass is 229 g/mol. The van der Waals surface area contributed by atoms with E-state index in [-0.39, 0.29) is 0 Å². The lowest BCUT2D eigenvalue weighted by Crippen LogP contribution is -2.37. The largest absolute Gasteiger partial charge is 0.382 e. The molecule has 0 heterocycles. The van der Waals surface area contributed by atoms with Crippen molar-refractivity contribution in [3.63, 3.8) is 0 Å². The van der Waals surface area contributed by atoms with Crippen LogP contribution in [0.5, 0.6) is 0 Å². The molecule has 0 saturated heterocycles. The Morgan fingerprint density at radius 1 is 1.06 bits per heavy atom. The highest BCUT2D eigenvalue weighted by atomic mass is 16.5. The zero-order valence-electron chi connectivity index (χ0n) is 11.0. The lowest BCUT2D eigenvalue weighted by Gasteiger charge is -2.32. The van der Waals surface area contributed by atoms with E-state index < -0.39 is 0 Å². The Kier molecular flexibility index (Phi) is 7.01. The van der Waals surface area contributed by atoms with Crippen LogP contribution in [0.4, 0.5) is 0 Å². The third-order valence-electron chi connectivity index (χ3n) is 3.71. The Hall–Kier alpha value is -0.120. The predicted molar refractivity (Wildman–Crippen MR) is 66.7 cm³/mol. The van der Waals surface area contributed by atoms with Crippen molar-refractivity contribution in [2.75, 3.05) is 33.5 Å². The van der Waals surface area contributed by atoms with Crippen LogP contribution in [0.15, 0.2) is 0 Å². The molecule has 0 aromatic heterocycles. The van der Waals surface area contributed by atoms with Gasteiger partial charge in [0.1, 0.15) is 0 Å². The van der Waals surface area contributed by atoms with Gasteiger partial charge < -0.3 is 14.8 Å². The maximum absolute atomic E-state index is 5.43. The zero-order valence-corrected chi connectivity index (χ0v) is 11.0. The molecule has 3 heteroatoms. The van der Waals surface area contributed by atoms with Gasteiger partial charge in [0.15, 0.2) is 0 Å². The van der Waals surface area contributed by atoms with Gasteiger partial charge in [-0.2, -0.15) is 0 Å². The molecule has 0 aliphatic heterocycles. The molecule has 1 saturated carbocycles. The van der Waals surface area contributed by atoms with E-state index in [1.54, 1.807) is 7.11 Å². The van der Waals surface area contributed by atoms with E-state index in [1.165, 1.54) is 19.3 Å². The summed E-state index contributed by atoms with van der Waals surface area (Å²) in [6.07, 6.45) is 4.01. The zero-order chi connectivity index (χ0) is 11.8. The van der Waals surface area contributed by atoms with Gasteiger partial charge in [0, 0.05) is 19.7 Å². The molecule has 1 N–H and O–H groups in total. The Morgan fingerprint density at radius 2 is 1.88 bits per heavy atom. The van der Waals surface area contributed by atoms with Gasteiger partial charge in [-0.1, -0.05) is 13.8 Å². The van der Waals surface area contributed by atoms with Crippen molar-refractivity contribution < 1.29 is 9.47 Å². The molecule has 3 nitrogen and oxygen atoms in total. The molecular weight excluding hydrogens is 202 g/mol. The topological polar surface area (TPSA) is 30.5 Å². The summed E-state index contributed by atoms with van der Waals surface area (Å²) in [7, 11) is 1.70. The molecule has 0 bridgehead atoms. The molecule has 0 aromatic carbocycles. The summed E-state index contributed by atoms with van der Waals surface area (Å²) < 4.78 is 10.3. The van der Waals surface area contributed by atoms with Crippen LogP contribution in [0.3, 0.4) is 0 Å². The van der Waals surface area contributed by atoms with Crippen molar-refractivity contribution >= 4 is 0 Å². The van der Waals surface area contributed by atoms with Crippen molar-refractivity contribution in [3.05, 3.63) is 0 Å². The fourth-order valence-corrected chi connectivity index (χ4v) is 2.31. The molecule has 1 fully saturated rings. The average Bonchev–Trinajstić information content (AvgIpc) is 2.28. The van der Waals surface area contributed by atoms with Gasteiger partial charge in [-0.25, -0.2) is 0 Å². The van der Waals surface area contributed by atoms with Crippen molar-refractivity contribution in [2.45, 2.75) is 39.2 Å². The van der Waals surface area contributed by atoms with Crippen LogP contribution in [-0.4, -0.2) is 39.5 Å². The summed E-state index contributed by atoms with van der Waals surface area (Å²) in [6, 6.07) is 0.706. The van der Waals surface area contributed by atoms with E-state index in [4.69, 9.17) is 9.47 Å². The standard InChI is InChI=1S/C13H27NO2/c1-11-4-5-13(10-12(11)2)14-6-7-16-9-8-15-3/h11-14H,4-10H2,1-3H3. The minimum absolute atomic E-state index is 0.692. The normalized spacial score (nSPS) is 30.6. The number of hydrogen-bond donors (Lipinski definition) is 1. The fraction of sp³-hybridized carbons (Fsp3) is 1.00. The molecule has 0 spiro atoms. The van der Waals surface area contributed by atoms with Crippen LogP contribution in [0.2, 0.25) is 0 Å². The van der Waals surface area contributed by atoms with Crippen LogP contribution in [0, 0.1) is 11.8 Å². The molecule has 1 aliphatic carbocycles. The van der Waals surface area contributed by atoms with Crippen LogP contribution < -0.4 is 5.32 Å². The number of methoxy groups -OCH3 is 1. The molecule has 0 amide bonds. The fourth-order valence-electron chi connectivity index (χ4n) is 2.31. The number of nitrogens with one attached hydrogen (secondary N) is 1. The molecule has 0 radical (unpaired) electrons. The smallest absolute Gasteiger partial charge is 0.0700 e. The third-order valence-corrected chi connectivity index (χ3v) is 3.71. The van der Waals surface area contributed by atoms with Gasteiger partial charge in [0.05, 0.1) is 19.8 Å². The quantitative estimate of drug-likeness (QED) is 0.678. The van der Waals surface area contributed by atoms with Gasteiger partial charge in [-0.05, 0) is 31.1 Å². The highest BCUT2D eigenvalue weighted by molar-refractivity contribution is 4.79. The summed E-state index contributed by atoms with van der Waals surface area (Å²) in [5, 5.41) is 3.58. The first kappa shape index (κ1) is 13.9. The molecule has 16 heavy (non-hydrogen) atoms. The summed E-state index contributed by atoms with van der Waals surface area (Å²) in [5.41, 5.74) is 0. The van der Waals surface area contributed by atoms with Gasteiger partial charge in [-0.3, -0.25) is 0 Å². The minimum Gasteiger partial charge on any atom is -0.382 e. The molecule has 96 valence electrons. The predicted octanol–water partition coefficient (Wildman–Crippen LogP) is 2.06. The number of rotatable bonds is 7. The van der Waals surface area contributed by atoms with Crippen molar-refractivity contribution in [3.8, 4) is 0 Å². The summed E-state index contributed by atoms with van der Waals surface area (Å²) in [6.45, 7) is 7.90. The van der Waals surface area contributed by atoms with Gasteiger partial charge in [0.2, 0.25) is 0 Å². The van der Waals surface area contributed by atoms with Crippen LogP contribution >= 0.6 is 0 Å². The second kappa shape index (κ2) is 8.04. The van der Waals surface area contributed by atoms with E-state index in [1.807, 2.05) is 0 Å². The maximum atomic E-state index is 5.43. The second-order valence-electron chi connectivity index (χ2n) is 5.02. The van der Waals surface area contributed by atoms with Crippen molar-refractivity contribution in [1.82, 2.24) is 5.32 Å². The van der Waals surface area contributed by atoms with Crippen LogP contribution in [0.25, 0.3) is 0 Å². The Labute approximate surface area is 99.9 Å². The number of ether oxygens (including phenoxy) is 2. The first-order valence-corrected chi connectivity index (χ1v) is 6.54. The third kappa shape index (κ3) is 5.28. The van der Waals surface area contributed by atoms with E-state index in [9.17, 15) is 0 Å². The van der Waals surface area contributed by atoms with E-state index in [0.717, 1.165) is 25.0 Å². The Bertz CT molecular complexity index is 175. The lowest BCUT2D eigenvalue weighted by molar-refractivity contribution is 0.0696. The van der Waals surface area contributed by atoms with Gasteiger partial charge in [0.25, 0.3) is 0 Å². The van der Waals surface area contributed by atoms with E-state index in [2.05, 4.69) is 19.2 Å². The molecule has 0 aromatic rings.